The lowest BCUT2D eigenvalue weighted by atomic mass is 9.96. The van der Waals surface area contributed by atoms with Crippen molar-refractivity contribution in [3.63, 3.8) is 0 Å². The third kappa shape index (κ3) is 5.60. The maximum Gasteiger partial charge on any atom is 0.318 e. The number of nitrogens with one attached hydrogen (secondary N) is 1. The molecule has 2 amide bonds. The molecule has 0 radical (unpaired) electrons. The van der Waals surface area contributed by atoms with E-state index >= 15 is 0 Å². The molecule has 1 aliphatic carbocycles. The van der Waals surface area contributed by atoms with Crippen molar-refractivity contribution in [1.29, 1.82) is 0 Å². The summed E-state index contributed by atoms with van der Waals surface area (Å²) in [7, 11) is 0. The summed E-state index contributed by atoms with van der Waals surface area (Å²) in [5.41, 5.74) is 1.78. The Labute approximate surface area is 181 Å². The third-order valence-corrected chi connectivity index (χ3v) is 5.85. The maximum absolute atomic E-state index is 14.1. The predicted molar refractivity (Wildman–Crippen MR) is 115 cm³/mol. The molecule has 2 aliphatic rings. The molecule has 0 bridgehead atoms. The average Bonchev–Trinajstić information content (AvgIpc) is 3.24. The van der Waals surface area contributed by atoms with Gasteiger partial charge in [-0.3, -0.25) is 0 Å². The van der Waals surface area contributed by atoms with E-state index in [1.54, 1.807) is 35.2 Å². The Bertz CT molecular complexity index is 927. The van der Waals surface area contributed by atoms with E-state index in [1.807, 2.05) is 0 Å². The second kappa shape index (κ2) is 9.90. The smallest absolute Gasteiger partial charge is 0.318 e. The molecule has 1 unspecified atom stereocenters. The Kier molecular flexibility index (Phi) is 6.79. The largest absolute Gasteiger partial charge is 0.390 e. The molecule has 0 aromatic heterocycles. The van der Waals surface area contributed by atoms with Crippen molar-refractivity contribution in [3.8, 4) is 0 Å². The summed E-state index contributed by atoms with van der Waals surface area (Å²) in [6.45, 7) is 0.630. The lowest BCUT2D eigenvalue weighted by Gasteiger charge is -2.29. The van der Waals surface area contributed by atoms with Crippen LogP contribution in [0.1, 0.15) is 49.7 Å². The fourth-order valence-electron chi connectivity index (χ4n) is 4.17. The van der Waals surface area contributed by atoms with Crippen LogP contribution in [0.4, 0.5) is 13.6 Å². The number of carbonyl (C=O) groups excluding carboxylic acids is 1. The first-order chi connectivity index (χ1) is 15.1. The van der Waals surface area contributed by atoms with Crippen LogP contribution in [-0.2, 0) is 11.4 Å². The molecule has 0 saturated heterocycles. The summed E-state index contributed by atoms with van der Waals surface area (Å²) >= 11 is 0. The number of benzene rings is 2. The van der Waals surface area contributed by atoms with Crippen LogP contribution < -0.4 is 5.32 Å². The van der Waals surface area contributed by atoms with Gasteiger partial charge in [0.2, 0.25) is 0 Å². The molecule has 31 heavy (non-hydrogen) atoms. The van der Waals surface area contributed by atoms with E-state index in [4.69, 9.17) is 4.84 Å². The first kappa shape index (κ1) is 21.3. The number of carbonyl (C=O) groups is 1. The Morgan fingerprint density at radius 2 is 1.81 bits per heavy atom. The average molecular weight is 427 g/mol. The van der Waals surface area contributed by atoms with Gasteiger partial charge in [-0.05, 0) is 36.6 Å². The van der Waals surface area contributed by atoms with Crippen molar-refractivity contribution in [2.45, 2.75) is 57.2 Å². The van der Waals surface area contributed by atoms with E-state index in [0.29, 0.717) is 30.8 Å². The van der Waals surface area contributed by atoms with Gasteiger partial charge in [-0.2, -0.15) is 0 Å². The highest BCUT2D eigenvalue weighted by molar-refractivity contribution is 6.01. The molecule has 1 atom stereocenters. The fraction of sp³-hybridized carbons (Fsp3) is 0.417. The molecule has 5 nitrogen and oxygen atoms in total. The van der Waals surface area contributed by atoms with Gasteiger partial charge in [0.1, 0.15) is 11.6 Å². The fourth-order valence-corrected chi connectivity index (χ4v) is 4.17. The number of oxime groups is 1. The zero-order valence-electron chi connectivity index (χ0n) is 17.4. The van der Waals surface area contributed by atoms with Crippen LogP contribution in [0.15, 0.2) is 53.7 Å². The van der Waals surface area contributed by atoms with Gasteiger partial charge in [-0.1, -0.05) is 54.8 Å². The minimum Gasteiger partial charge on any atom is -0.390 e. The van der Waals surface area contributed by atoms with Gasteiger partial charge in [0.25, 0.3) is 0 Å². The number of halogens is 2. The molecule has 2 aromatic rings. The van der Waals surface area contributed by atoms with E-state index in [-0.39, 0.29) is 29.8 Å². The number of hydrogen-bond donors (Lipinski definition) is 1. The Morgan fingerprint density at radius 3 is 2.55 bits per heavy atom. The van der Waals surface area contributed by atoms with Gasteiger partial charge < -0.3 is 15.1 Å². The topological polar surface area (TPSA) is 53.9 Å². The Morgan fingerprint density at radius 1 is 1.06 bits per heavy atom. The summed E-state index contributed by atoms with van der Waals surface area (Å²) in [5, 5.41) is 7.20. The SMILES string of the molecule is O=C(NC1CCCCC1)N(Cc1ccc(F)cc1)CC1CC(c2ccccc2F)=NO1. The molecule has 1 fully saturated rings. The van der Waals surface area contributed by atoms with Gasteiger partial charge in [0, 0.05) is 24.6 Å². The zero-order chi connectivity index (χ0) is 21.6. The Hall–Kier alpha value is -2.96. The highest BCUT2D eigenvalue weighted by Gasteiger charge is 2.29. The normalized spacial score (nSPS) is 18.9. The summed E-state index contributed by atoms with van der Waals surface area (Å²) in [6, 6.07) is 12.6. The zero-order valence-corrected chi connectivity index (χ0v) is 17.4. The van der Waals surface area contributed by atoms with Crippen molar-refractivity contribution in [1.82, 2.24) is 10.2 Å². The third-order valence-electron chi connectivity index (χ3n) is 5.85. The maximum atomic E-state index is 14.1. The molecular weight excluding hydrogens is 400 g/mol. The van der Waals surface area contributed by atoms with Crippen molar-refractivity contribution >= 4 is 11.7 Å². The monoisotopic (exact) mass is 427 g/mol. The van der Waals surface area contributed by atoms with E-state index in [9.17, 15) is 13.6 Å². The van der Waals surface area contributed by atoms with Crippen molar-refractivity contribution in [2.24, 2.45) is 5.16 Å². The van der Waals surface area contributed by atoms with Crippen molar-refractivity contribution < 1.29 is 18.4 Å². The van der Waals surface area contributed by atoms with E-state index in [1.165, 1.54) is 24.6 Å². The summed E-state index contributed by atoms with van der Waals surface area (Å²) in [5.74, 6) is -0.660. The molecule has 7 heteroatoms. The van der Waals surface area contributed by atoms with Gasteiger partial charge in [-0.25, -0.2) is 13.6 Å². The van der Waals surface area contributed by atoms with Crippen LogP contribution in [0, 0.1) is 11.6 Å². The highest BCUT2D eigenvalue weighted by Crippen LogP contribution is 2.22. The number of hydrogen-bond acceptors (Lipinski definition) is 3. The molecule has 1 aliphatic heterocycles. The van der Waals surface area contributed by atoms with Crippen LogP contribution in [0.5, 0.6) is 0 Å². The first-order valence-corrected chi connectivity index (χ1v) is 10.9. The van der Waals surface area contributed by atoms with Crippen LogP contribution in [-0.4, -0.2) is 35.3 Å². The van der Waals surface area contributed by atoms with Crippen molar-refractivity contribution in [2.75, 3.05) is 6.54 Å². The standard InChI is InChI=1S/C24H27F2N3O2/c25-18-12-10-17(11-13-18)15-29(24(30)27-19-6-2-1-3-7-19)16-20-14-23(28-31-20)21-8-4-5-9-22(21)26/h4-5,8-13,19-20H,1-3,6-7,14-16H2,(H,27,30). The summed E-state index contributed by atoms with van der Waals surface area (Å²) < 4.78 is 27.4. The van der Waals surface area contributed by atoms with Gasteiger partial charge in [0.15, 0.2) is 6.10 Å². The minimum atomic E-state index is -0.368. The molecular formula is C24H27F2N3O2. The lowest BCUT2D eigenvalue weighted by Crippen LogP contribution is -2.47. The van der Waals surface area contributed by atoms with Gasteiger partial charge in [0.05, 0.1) is 12.3 Å². The number of rotatable bonds is 6. The highest BCUT2D eigenvalue weighted by atomic mass is 19.1. The summed E-state index contributed by atoms with van der Waals surface area (Å²) in [6.07, 6.45) is 5.46. The molecule has 0 spiro atoms. The first-order valence-electron chi connectivity index (χ1n) is 10.9. The molecule has 1 saturated carbocycles. The Balaban J connectivity index is 1.43. The second-order valence-electron chi connectivity index (χ2n) is 8.24. The molecule has 4 rings (SSSR count). The van der Waals surface area contributed by atoms with Gasteiger partial charge in [-0.15, -0.1) is 0 Å². The number of amides is 2. The van der Waals surface area contributed by atoms with E-state index in [2.05, 4.69) is 10.5 Å². The molecule has 1 N–H and O–H groups in total. The second-order valence-corrected chi connectivity index (χ2v) is 8.24. The quantitative estimate of drug-likeness (QED) is 0.705. The van der Waals surface area contributed by atoms with Gasteiger partial charge >= 0.3 is 6.03 Å². The molecule has 2 aromatic carbocycles. The minimum absolute atomic E-state index is 0.167. The predicted octanol–water partition coefficient (Wildman–Crippen LogP) is 5.00. The number of nitrogens with zero attached hydrogens (tertiary/aromatic N) is 2. The summed E-state index contributed by atoms with van der Waals surface area (Å²) in [4.78, 5) is 20.3. The van der Waals surface area contributed by atoms with Crippen LogP contribution >= 0.6 is 0 Å². The van der Waals surface area contributed by atoms with Crippen LogP contribution in [0.2, 0.25) is 0 Å². The van der Waals surface area contributed by atoms with E-state index in [0.717, 1.165) is 31.2 Å². The molecule has 164 valence electrons. The van der Waals surface area contributed by atoms with Crippen LogP contribution in [0.25, 0.3) is 0 Å². The van der Waals surface area contributed by atoms with Crippen LogP contribution in [0.3, 0.4) is 0 Å². The van der Waals surface area contributed by atoms with Crippen molar-refractivity contribution in [3.05, 3.63) is 71.3 Å². The lowest BCUT2D eigenvalue weighted by molar-refractivity contribution is 0.0583. The van der Waals surface area contributed by atoms with E-state index < -0.39 is 0 Å². The number of urea groups is 1. The molecule has 1 heterocycles.